The van der Waals surface area contributed by atoms with Gasteiger partial charge in [-0.3, -0.25) is 24.1 Å². The molecular weight excluding hydrogens is 518 g/mol. The van der Waals surface area contributed by atoms with Gasteiger partial charge in [0.2, 0.25) is 0 Å². The number of nitrogens with one attached hydrogen (secondary N) is 1. The van der Waals surface area contributed by atoms with Crippen LogP contribution >= 0.6 is 34.7 Å². The second-order valence-corrected chi connectivity index (χ2v) is 9.94. The van der Waals surface area contributed by atoms with E-state index >= 15 is 0 Å². The molecule has 0 radical (unpaired) electrons. The Morgan fingerprint density at radius 1 is 1.43 bits per heavy atom. The molecule has 0 aliphatic carbocycles. The summed E-state index contributed by atoms with van der Waals surface area (Å²) in [4.78, 5) is 54.8. The molecule has 0 saturated carbocycles. The molecule has 0 bridgehead atoms. The van der Waals surface area contributed by atoms with Gasteiger partial charge in [-0.25, -0.2) is 4.98 Å². The number of halogens is 1. The number of oxime groups is 1. The van der Waals surface area contributed by atoms with E-state index in [4.69, 9.17) is 23.1 Å². The minimum Gasteiger partial charge on any atom is -0.410 e. The van der Waals surface area contributed by atoms with Crippen molar-refractivity contribution in [3.8, 4) is 0 Å². The predicted octanol–water partition coefficient (Wildman–Crippen LogP) is -0.282. The maximum atomic E-state index is 13.0. The monoisotopic (exact) mass is 536 g/mol. The highest BCUT2D eigenvalue weighted by atomic mass is 35.5. The van der Waals surface area contributed by atoms with E-state index in [1.807, 2.05) is 0 Å². The molecule has 15 heteroatoms. The van der Waals surface area contributed by atoms with Crippen LogP contribution in [0.15, 0.2) is 40.1 Å². The number of primary amides is 1. The summed E-state index contributed by atoms with van der Waals surface area (Å²) < 4.78 is 1.74. The fourth-order valence-electron chi connectivity index (χ4n) is 3.87. The molecule has 6 N–H and O–H groups in total. The van der Waals surface area contributed by atoms with Crippen LogP contribution in [0.1, 0.15) is 21.7 Å². The van der Waals surface area contributed by atoms with E-state index in [1.54, 1.807) is 29.8 Å². The van der Waals surface area contributed by atoms with E-state index in [2.05, 4.69) is 15.5 Å². The molecule has 2 atom stereocenters. The first-order valence-electron chi connectivity index (χ1n) is 10.0. The second kappa shape index (κ2) is 9.64. The van der Waals surface area contributed by atoms with Crippen molar-refractivity contribution >= 4 is 68.5 Å². The van der Waals surface area contributed by atoms with E-state index in [-0.39, 0.29) is 23.1 Å². The predicted molar refractivity (Wildman–Crippen MR) is 128 cm³/mol. The highest BCUT2D eigenvalue weighted by molar-refractivity contribution is 8.00. The largest absolute Gasteiger partial charge is 0.410 e. The molecule has 182 valence electrons. The standard InChI is InChI=1S/C20H18ClN7O5S2/c1-8-10(16(22)30)3-2-4-27(8)5-9-6-34-19-13(18(32)28(19)14(9)15(21)29)25-17(31)12(26-33)11-7-35-20(23)24-11/h2-4,7,13,19H,5-6H2,1H3,(H5-,22,23,24,25,30,31,33)/p+1/t13-,19+/m1/s1. The maximum Gasteiger partial charge on any atom is 0.276 e. The van der Waals surface area contributed by atoms with Crippen LogP contribution in [0.4, 0.5) is 5.13 Å². The van der Waals surface area contributed by atoms with Gasteiger partial charge in [-0.15, -0.1) is 23.1 Å². The quantitative estimate of drug-likeness (QED) is 0.0928. The molecule has 0 aromatic carbocycles. The van der Waals surface area contributed by atoms with Gasteiger partial charge in [-0.05, 0) is 17.7 Å². The van der Waals surface area contributed by atoms with E-state index in [0.717, 1.165) is 11.3 Å². The molecule has 4 heterocycles. The summed E-state index contributed by atoms with van der Waals surface area (Å²) >= 11 is 8.26. The Morgan fingerprint density at radius 3 is 2.77 bits per heavy atom. The minimum absolute atomic E-state index is 0.0330. The Morgan fingerprint density at radius 2 is 2.17 bits per heavy atom. The molecule has 0 spiro atoms. The van der Waals surface area contributed by atoms with Gasteiger partial charge >= 0.3 is 0 Å². The molecule has 35 heavy (non-hydrogen) atoms. The number of β-lactam (4-membered cyclic amide) rings is 1. The van der Waals surface area contributed by atoms with Gasteiger partial charge in [0.05, 0.1) is 0 Å². The minimum atomic E-state index is -0.972. The molecule has 2 aromatic heterocycles. The number of amides is 3. The van der Waals surface area contributed by atoms with Crippen molar-refractivity contribution < 1.29 is 29.0 Å². The average molecular weight is 537 g/mol. The lowest BCUT2D eigenvalue weighted by molar-refractivity contribution is -0.695. The van der Waals surface area contributed by atoms with Gasteiger partial charge in [-0.2, -0.15) is 4.57 Å². The van der Waals surface area contributed by atoms with Crippen molar-refractivity contribution in [1.82, 2.24) is 15.2 Å². The van der Waals surface area contributed by atoms with Gasteiger partial charge in [0.1, 0.15) is 28.4 Å². The van der Waals surface area contributed by atoms with Crippen molar-refractivity contribution in [2.75, 3.05) is 11.5 Å². The molecule has 12 nitrogen and oxygen atoms in total. The molecule has 1 saturated heterocycles. The normalized spacial score (nSPS) is 19.8. The number of thiazole rings is 1. The van der Waals surface area contributed by atoms with E-state index in [0.29, 0.717) is 22.6 Å². The highest BCUT2D eigenvalue weighted by Gasteiger charge is 2.54. The van der Waals surface area contributed by atoms with Crippen LogP contribution in [0.2, 0.25) is 0 Å². The first-order chi connectivity index (χ1) is 16.6. The highest BCUT2D eigenvalue weighted by Crippen LogP contribution is 2.41. The number of anilines is 1. The zero-order chi connectivity index (χ0) is 25.4. The first-order valence-corrected chi connectivity index (χ1v) is 12.3. The average Bonchev–Trinajstić information content (AvgIpc) is 3.24. The van der Waals surface area contributed by atoms with Crippen molar-refractivity contribution in [2.24, 2.45) is 10.9 Å². The number of pyridine rings is 1. The van der Waals surface area contributed by atoms with Crippen LogP contribution in [0.25, 0.3) is 0 Å². The number of nitrogen functional groups attached to an aromatic ring is 1. The number of allylic oxidation sites excluding steroid dienone is 1. The molecule has 2 aliphatic rings. The number of aromatic nitrogens is 2. The second-order valence-electron chi connectivity index (χ2n) is 7.61. The van der Waals surface area contributed by atoms with Crippen LogP contribution in [-0.2, 0) is 20.9 Å². The number of carbonyl (C=O) groups is 4. The first kappa shape index (κ1) is 24.6. The fourth-order valence-corrected chi connectivity index (χ4v) is 5.98. The zero-order valence-electron chi connectivity index (χ0n) is 18.1. The van der Waals surface area contributed by atoms with Crippen molar-refractivity contribution in [3.63, 3.8) is 0 Å². The van der Waals surface area contributed by atoms with Crippen LogP contribution in [-0.4, -0.2) is 60.9 Å². The molecule has 2 aliphatic heterocycles. The third kappa shape index (κ3) is 4.47. The van der Waals surface area contributed by atoms with Gasteiger partial charge in [-0.1, -0.05) is 5.16 Å². The number of hydrogen-bond acceptors (Lipinski definition) is 10. The van der Waals surface area contributed by atoms with Gasteiger partial charge in [0, 0.05) is 29.7 Å². The number of nitrogens with two attached hydrogens (primary N) is 2. The lowest BCUT2D eigenvalue weighted by Crippen LogP contribution is -2.71. The summed E-state index contributed by atoms with van der Waals surface area (Å²) in [5, 5.41) is 15.0. The molecule has 0 unspecified atom stereocenters. The number of nitrogens with zero attached hydrogens (tertiary/aromatic N) is 4. The topological polar surface area (TPSA) is 185 Å². The van der Waals surface area contributed by atoms with E-state index in [1.165, 1.54) is 22.0 Å². The van der Waals surface area contributed by atoms with Crippen LogP contribution in [0.3, 0.4) is 0 Å². The Labute approximate surface area is 211 Å². The summed E-state index contributed by atoms with van der Waals surface area (Å²) in [6.07, 6.45) is 1.73. The smallest absolute Gasteiger partial charge is 0.276 e. The summed E-state index contributed by atoms with van der Waals surface area (Å²) in [5.74, 6) is -1.61. The Kier molecular flexibility index (Phi) is 6.78. The SMILES string of the molecule is Cc1c(C(N)=O)ccc[n+]1CC1=C(C(=O)Cl)N2C(=O)[C@@H](NC(=O)C(=NO)c3csc(N)n3)[C@@H]2SC1. The van der Waals surface area contributed by atoms with E-state index in [9.17, 15) is 24.4 Å². The number of carbonyl (C=O) groups excluding carboxylic acids is 4. The van der Waals surface area contributed by atoms with Gasteiger partial charge in [0.15, 0.2) is 29.3 Å². The van der Waals surface area contributed by atoms with Gasteiger partial charge < -0.3 is 22.0 Å². The number of rotatable bonds is 7. The van der Waals surface area contributed by atoms with Crippen LogP contribution < -0.4 is 21.4 Å². The lowest BCUT2D eigenvalue weighted by atomic mass is 10.0. The molecule has 3 amide bonds. The summed E-state index contributed by atoms with van der Waals surface area (Å²) in [6, 6.07) is 2.28. The van der Waals surface area contributed by atoms with Crippen molar-refractivity contribution in [1.29, 1.82) is 0 Å². The summed E-state index contributed by atoms with van der Waals surface area (Å²) in [6.45, 7) is 1.92. The summed E-state index contributed by atoms with van der Waals surface area (Å²) in [7, 11) is 0. The van der Waals surface area contributed by atoms with Crippen molar-refractivity contribution in [2.45, 2.75) is 24.9 Å². The van der Waals surface area contributed by atoms with E-state index < -0.39 is 40.1 Å². The van der Waals surface area contributed by atoms with Crippen LogP contribution in [0, 0.1) is 6.92 Å². The fraction of sp³-hybridized carbons (Fsp3) is 0.250. The number of fused-ring (bicyclic) bond motifs is 1. The lowest BCUT2D eigenvalue weighted by Gasteiger charge is -2.49. The molecule has 2 aromatic rings. The summed E-state index contributed by atoms with van der Waals surface area (Å²) in [5.41, 5.74) is 12.2. The third-order valence-corrected chi connectivity index (χ3v) is 7.77. The maximum absolute atomic E-state index is 13.0. The number of thioether (sulfide) groups is 1. The van der Waals surface area contributed by atoms with Gasteiger partial charge in [0.25, 0.3) is 23.0 Å². The number of hydrogen-bond donors (Lipinski definition) is 4. The Bertz CT molecular complexity index is 1320. The third-order valence-electron chi connectivity index (χ3n) is 5.58. The molecule has 4 rings (SSSR count). The molecule has 1 fully saturated rings. The zero-order valence-corrected chi connectivity index (χ0v) is 20.5. The van der Waals surface area contributed by atoms with Crippen molar-refractivity contribution in [3.05, 3.63) is 51.9 Å². The Hall–Kier alpha value is -3.49. The van der Waals surface area contributed by atoms with Crippen LogP contribution in [0.5, 0.6) is 0 Å². The molecular formula is C20H19ClN7O5S2+. The Balaban J connectivity index is 1.56.